The lowest BCUT2D eigenvalue weighted by Crippen LogP contribution is -2.24. The Morgan fingerprint density at radius 2 is 1.92 bits per heavy atom. The third kappa shape index (κ3) is 2.42. The number of hydrogen-bond donors (Lipinski definition) is 0. The molecule has 0 radical (unpaired) electrons. The van der Waals surface area contributed by atoms with Crippen LogP contribution in [0, 0.1) is 5.41 Å². The Balaban J connectivity index is 2.68. The van der Waals surface area contributed by atoms with Crippen molar-refractivity contribution in [3.05, 3.63) is 0 Å². The molecule has 1 aliphatic rings. The molecule has 0 amide bonds. The third-order valence-corrected chi connectivity index (χ3v) is 2.41. The fourth-order valence-corrected chi connectivity index (χ4v) is 1.75. The lowest BCUT2D eigenvalue weighted by molar-refractivity contribution is -0.120. The van der Waals surface area contributed by atoms with Gasteiger partial charge in [-0.1, -0.05) is 0 Å². The summed E-state index contributed by atoms with van der Waals surface area (Å²) >= 11 is 0. The molecule has 0 saturated heterocycles. The van der Waals surface area contributed by atoms with E-state index in [0.717, 1.165) is 0 Å². The molecule has 1 unspecified atom stereocenters. The minimum absolute atomic E-state index is 0.131. The van der Waals surface area contributed by atoms with Crippen LogP contribution in [0.1, 0.15) is 25.7 Å². The predicted molar refractivity (Wildman–Crippen MR) is 37.9 cm³/mol. The number of carbonyl (C=O) groups excluding carboxylic acids is 1. The van der Waals surface area contributed by atoms with Gasteiger partial charge in [-0.05, 0) is 6.42 Å². The first-order valence-corrected chi connectivity index (χ1v) is 4.01. The van der Waals surface area contributed by atoms with E-state index in [9.17, 15) is 22.4 Å². The molecule has 1 saturated carbocycles. The van der Waals surface area contributed by atoms with Crippen molar-refractivity contribution >= 4 is 6.29 Å². The third-order valence-electron chi connectivity index (χ3n) is 2.41. The summed E-state index contributed by atoms with van der Waals surface area (Å²) in [6, 6.07) is 0. The highest BCUT2D eigenvalue weighted by atomic mass is 19.3. The standard InChI is InChI=1S/C8H10F4O/c9-6(10)3-7(5-13)1-2-8(11,12)4-7/h5-6H,1-4H2. The number of halogens is 4. The van der Waals surface area contributed by atoms with Crippen LogP contribution in [0.15, 0.2) is 0 Å². The van der Waals surface area contributed by atoms with Crippen molar-refractivity contribution in [1.82, 2.24) is 0 Å². The Bertz CT molecular complexity index is 204. The fourth-order valence-electron chi connectivity index (χ4n) is 1.75. The number of alkyl halides is 4. The van der Waals surface area contributed by atoms with Crippen molar-refractivity contribution in [2.45, 2.75) is 38.0 Å². The molecule has 1 fully saturated rings. The molecule has 0 aromatic carbocycles. The van der Waals surface area contributed by atoms with Gasteiger partial charge in [0.15, 0.2) is 0 Å². The van der Waals surface area contributed by atoms with E-state index in [2.05, 4.69) is 0 Å². The summed E-state index contributed by atoms with van der Waals surface area (Å²) in [5.74, 6) is -2.95. The van der Waals surface area contributed by atoms with Gasteiger partial charge in [-0.25, -0.2) is 17.6 Å². The molecule has 0 heterocycles. The summed E-state index contributed by atoms with van der Waals surface area (Å²) < 4.78 is 49.3. The molecule has 76 valence electrons. The first-order valence-electron chi connectivity index (χ1n) is 4.01. The topological polar surface area (TPSA) is 17.1 Å². The SMILES string of the molecule is O=CC1(CC(F)F)CCC(F)(F)C1. The molecule has 0 aliphatic heterocycles. The summed E-state index contributed by atoms with van der Waals surface area (Å²) in [5, 5.41) is 0. The van der Waals surface area contributed by atoms with Gasteiger partial charge in [0.2, 0.25) is 12.3 Å². The number of carbonyl (C=O) groups is 1. The van der Waals surface area contributed by atoms with Crippen LogP contribution in [-0.4, -0.2) is 18.6 Å². The van der Waals surface area contributed by atoms with Crippen LogP contribution in [-0.2, 0) is 4.79 Å². The van der Waals surface area contributed by atoms with Gasteiger partial charge in [0.25, 0.3) is 0 Å². The van der Waals surface area contributed by atoms with Gasteiger partial charge in [0.05, 0.1) is 0 Å². The number of hydrogen-bond acceptors (Lipinski definition) is 1. The van der Waals surface area contributed by atoms with Gasteiger partial charge in [-0.15, -0.1) is 0 Å². The summed E-state index contributed by atoms with van der Waals surface area (Å²) in [4.78, 5) is 10.5. The maximum absolute atomic E-state index is 12.7. The molecule has 0 aromatic rings. The van der Waals surface area contributed by atoms with Gasteiger partial charge < -0.3 is 4.79 Å². The van der Waals surface area contributed by atoms with E-state index in [1.54, 1.807) is 0 Å². The Morgan fingerprint density at radius 3 is 2.23 bits per heavy atom. The zero-order chi connectivity index (χ0) is 10.1. The Hall–Kier alpha value is -0.610. The van der Waals surface area contributed by atoms with Gasteiger partial charge >= 0.3 is 0 Å². The molecule has 0 spiro atoms. The number of aldehydes is 1. The van der Waals surface area contributed by atoms with Crippen molar-refractivity contribution in [3.63, 3.8) is 0 Å². The average molecular weight is 198 g/mol. The Kier molecular flexibility index (Phi) is 2.63. The fraction of sp³-hybridized carbons (Fsp3) is 0.875. The number of rotatable bonds is 3. The van der Waals surface area contributed by atoms with Gasteiger partial charge in [0, 0.05) is 24.7 Å². The lowest BCUT2D eigenvalue weighted by atomic mass is 9.84. The van der Waals surface area contributed by atoms with Crippen LogP contribution >= 0.6 is 0 Å². The predicted octanol–water partition coefficient (Wildman–Crippen LogP) is 2.65. The average Bonchev–Trinajstić information content (AvgIpc) is 2.26. The largest absolute Gasteiger partial charge is 0.303 e. The van der Waals surface area contributed by atoms with E-state index >= 15 is 0 Å². The summed E-state index contributed by atoms with van der Waals surface area (Å²) in [5.41, 5.74) is -1.49. The van der Waals surface area contributed by atoms with Gasteiger partial charge in [-0.3, -0.25) is 0 Å². The van der Waals surface area contributed by atoms with Crippen LogP contribution in [0.4, 0.5) is 17.6 Å². The second-order valence-electron chi connectivity index (χ2n) is 3.61. The van der Waals surface area contributed by atoms with Crippen LogP contribution in [0.3, 0.4) is 0 Å². The van der Waals surface area contributed by atoms with E-state index in [0.29, 0.717) is 0 Å². The second-order valence-corrected chi connectivity index (χ2v) is 3.61. The molecule has 1 atom stereocenters. The smallest absolute Gasteiger partial charge is 0.249 e. The van der Waals surface area contributed by atoms with Gasteiger partial charge in [-0.2, -0.15) is 0 Å². The van der Waals surface area contributed by atoms with E-state index < -0.39 is 37.0 Å². The molecule has 5 heteroatoms. The van der Waals surface area contributed by atoms with Crippen molar-refractivity contribution in [2.75, 3.05) is 0 Å². The zero-order valence-electron chi connectivity index (χ0n) is 6.90. The quantitative estimate of drug-likeness (QED) is 0.503. The molecule has 1 aliphatic carbocycles. The maximum Gasteiger partial charge on any atom is 0.249 e. The van der Waals surface area contributed by atoms with Crippen molar-refractivity contribution in [1.29, 1.82) is 0 Å². The Morgan fingerprint density at radius 1 is 1.31 bits per heavy atom. The van der Waals surface area contributed by atoms with Crippen LogP contribution in [0.2, 0.25) is 0 Å². The highest BCUT2D eigenvalue weighted by Gasteiger charge is 2.50. The first kappa shape index (κ1) is 10.5. The highest BCUT2D eigenvalue weighted by Crippen LogP contribution is 2.48. The lowest BCUT2D eigenvalue weighted by Gasteiger charge is -2.20. The van der Waals surface area contributed by atoms with Gasteiger partial charge in [0.1, 0.15) is 6.29 Å². The van der Waals surface area contributed by atoms with E-state index in [1.165, 1.54) is 0 Å². The molecule has 0 N–H and O–H groups in total. The molecule has 1 rings (SSSR count). The molecular weight excluding hydrogens is 188 g/mol. The first-order chi connectivity index (χ1) is 5.89. The minimum atomic E-state index is -2.95. The van der Waals surface area contributed by atoms with Crippen molar-refractivity contribution in [3.8, 4) is 0 Å². The van der Waals surface area contributed by atoms with E-state index in [1.807, 2.05) is 0 Å². The normalized spacial score (nSPS) is 32.4. The molecule has 1 nitrogen and oxygen atoms in total. The van der Waals surface area contributed by atoms with Crippen LogP contribution in [0.25, 0.3) is 0 Å². The van der Waals surface area contributed by atoms with Crippen LogP contribution in [0.5, 0.6) is 0 Å². The maximum atomic E-state index is 12.7. The van der Waals surface area contributed by atoms with E-state index in [4.69, 9.17) is 0 Å². The second kappa shape index (κ2) is 3.27. The summed E-state index contributed by atoms with van der Waals surface area (Å²) in [6.45, 7) is 0. The zero-order valence-corrected chi connectivity index (χ0v) is 6.90. The summed E-state index contributed by atoms with van der Waals surface area (Å²) in [7, 11) is 0. The van der Waals surface area contributed by atoms with Crippen molar-refractivity contribution < 1.29 is 22.4 Å². The molecule has 13 heavy (non-hydrogen) atoms. The highest BCUT2D eigenvalue weighted by molar-refractivity contribution is 5.60. The Labute approximate surface area is 73.1 Å². The minimum Gasteiger partial charge on any atom is -0.303 e. The molecular formula is C8H10F4O. The van der Waals surface area contributed by atoms with Crippen LogP contribution < -0.4 is 0 Å². The summed E-state index contributed by atoms with van der Waals surface area (Å²) in [6.07, 6.45) is -4.49. The molecule has 0 aromatic heterocycles. The van der Waals surface area contributed by atoms with Crippen molar-refractivity contribution in [2.24, 2.45) is 5.41 Å². The monoisotopic (exact) mass is 198 g/mol. The molecule has 0 bridgehead atoms. The van der Waals surface area contributed by atoms with E-state index in [-0.39, 0.29) is 12.7 Å².